The van der Waals surface area contributed by atoms with Crippen LogP contribution in [0, 0.1) is 12.7 Å². The van der Waals surface area contributed by atoms with Crippen molar-refractivity contribution in [3.8, 4) is 11.3 Å². The number of aromatic nitrogens is 1. The zero-order valence-electron chi connectivity index (χ0n) is 10.00. The van der Waals surface area contributed by atoms with Gasteiger partial charge in [0.1, 0.15) is 5.82 Å². The van der Waals surface area contributed by atoms with Gasteiger partial charge < -0.3 is 5.32 Å². The van der Waals surface area contributed by atoms with Crippen LogP contribution in [0.4, 0.5) is 10.1 Å². The molecule has 17 heavy (non-hydrogen) atoms. The van der Waals surface area contributed by atoms with E-state index >= 15 is 0 Å². The first-order valence-corrected chi connectivity index (χ1v) is 5.67. The number of aryl methyl sites for hydroxylation is 1. The molecule has 0 aliphatic rings. The fourth-order valence-corrected chi connectivity index (χ4v) is 1.73. The Morgan fingerprint density at radius 2 is 2.06 bits per heavy atom. The van der Waals surface area contributed by atoms with Crippen molar-refractivity contribution in [1.29, 1.82) is 0 Å². The monoisotopic (exact) mass is 230 g/mol. The fourth-order valence-electron chi connectivity index (χ4n) is 1.73. The Morgan fingerprint density at radius 3 is 2.82 bits per heavy atom. The van der Waals surface area contributed by atoms with Gasteiger partial charge in [0.15, 0.2) is 0 Å². The molecule has 0 bridgehead atoms. The van der Waals surface area contributed by atoms with Crippen LogP contribution in [-0.4, -0.2) is 11.5 Å². The Balaban J connectivity index is 2.45. The molecule has 0 unspecified atom stereocenters. The lowest BCUT2D eigenvalue weighted by molar-refractivity contribution is 0.630. The second-order valence-electron chi connectivity index (χ2n) is 3.94. The van der Waals surface area contributed by atoms with Gasteiger partial charge in [-0.1, -0.05) is 11.6 Å². The smallest absolute Gasteiger partial charge is 0.132 e. The van der Waals surface area contributed by atoms with Gasteiger partial charge >= 0.3 is 0 Å². The summed E-state index contributed by atoms with van der Waals surface area (Å²) in [7, 11) is 0. The van der Waals surface area contributed by atoms with Gasteiger partial charge in [-0.3, -0.25) is 4.98 Å². The summed E-state index contributed by atoms with van der Waals surface area (Å²) < 4.78 is 13.7. The SMILES string of the molecule is CCNc1ccnc(-c2cc(C)ccc2F)c1. The summed E-state index contributed by atoms with van der Waals surface area (Å²) in [5.41, 5.74) is 3.19. The second-order valence-corrected chi connectivity index (χ2v) is 3.94. The van der Waals surface area contributed by atoms with Crippen LogP contribution < -0.4 is 5.32 Å². The lowest BCUT2D eigenvalue weighted by Gasteiger charge is -2.07. The van der Waals surface area contributed by atoms with Crippen molar-refractivity contribution in [2.75, 3.05) is 11.9 Å². The zero-order valence-corrected chi connectivity index (χ0v) is 10.00. The van der Waals surface area contributed by atoms with Gasteiger partial charge in [-0.05, 0) is 38.1 Å². The molecule has 88 valence electrons. The first-order chi connectivity index (χ1) is 8.20. The van der Waals surface area contributed by atoms with Gasteiger partial charge in [0.05, 0.1) is 5.69 Å². The van der Waals surface area contributed by atoms with E-state index < -0.39 is 0 Å². The topological polar surface area (TPSA) is 24.9 Å². The molecule has 1 aromatic heterocycles. The van der Waals surface area contributed by atoms with Crippen LogP contribution in [0.15, 0.2) is 36.5 Å². The third kappa shape index (κ3) is 2.61. The summed E-state index contributed by atoms with van der Waals surface area (Å²) in [6, 6.07) is 8.79. The van der Waals surface area contributed by atoms with Gasteiger partial charge in [-0.2, -0.15) is 0 Å². The minimum atomic E-state index is -0.239. The normalized spacial score (nSPS) is 10.3. The molecule has 0 radical (unpaired) electrons. The summed E-state index contributed by atoms with van der Waals surface area (Å²) in [6.07, 6.45) is 1.69. The van der Waals surface area contributed by atoms with Gasteiger partial charge in [0, 0.05) is 24.0 Å². The van der Waals surface area contributed by atoms with Crippen LogP contribution in [-0.2, 0) is 0 Å². The fraction of sp³-hybridized carbons (Fsp3) is 0.214. The molecule has 1 aromatic carbocycles. The largest absolute Gasteiger partial charge is 0.385 e. The molecule has 0 aliphatic heterocycles. The Kier molecular flexibility index (Phi) is 3.38. The average molecular weight is 230 g/mol. The Hall–Kier alpha value is -1.90. The third-order valence-electron chi connectivity index (χ3n) is 2.54. The predicted molar refractivity (Wildman–Crippen MR) is 68.5 cm³/mol. The maximum atomic E-state index is 13.7. The van der Waals surface area contributed by atoms with Gasteiger partial charge in [0.25, 0.3) is 0 Å². The van der Waals surface area contributed by atoms with Gasteiger partial charge in [-0.15, -0.1) is 0 Å². The number of halogens is 1. The summed E-state index contributed by atoms with van der Waals surface area (Å²) in [6.45, 7) is 4.80. The number of rotatable bonds is 3. The Morgan fingerprint density at radius 1 is 1.24 bits per heavy atom. The zero-order chi connectivity index (χ0) is 12.3. The minimum Gasteiger partial charge on any atom is -0.385 e. The van der Waals surface area contributed by atoms with E-state index in [0.29, 0.717) is 11.3 Å². The summed E-state index contributed by atoms with van der Waals surface area (Å²) in [4.78, 5) is 4.21. The summed E-state index contributed by atoms with van der Waals surface area (Å²) in [5, 5.41) is 3.19. The molecule has 0 saturated heterocycles. The highest BCUT2D eigenvalue weighted by Crippen LogP contribution is 2.24. The minimum absolute atomic E-state index is 0.239. The summed E-state index contributed by atoms with van der Waals surface area (Å²) in [5.74, 6) is -0.239. The first kappa shape index (κ1) is 11.6. The van der Waals surface area contributed by atoms with E-state index in [4.69, 9.17) is 0 Å². The van der Waals surface area contributed by atoms with E-state index in [1.165, 1.54) is 6.07 Å². The van der Waals surface area contributed by atoms with Crippen molar-refractivity contribution in [2.45, 2.75) is 13.8 Å². The van der Waals surface area contributed by atoms with Crippen LogP contribution in [0.5, 0.6) is 0 Å². The maximum Gasteiger partial charge on any atom is 0.132 e. The van der Waals surface area contributed by atoms with E-state index in [2.05, 4.69) is 10.3 Å². The van der Waals surface area contributed by atoms with Crippen molar-refractivity contribution in [3.63, 3.8) is 0 Å². The molecule has 0 aliphatic carbocycles. The van der Waals surface area contributed by atoms with Gasteiger partial charge in [0.2, 0.25) is 0 Å². The van der Waals surface area contributed by atoms with Crippen molar-refractivity contribution < 1.29 is 4.39 Å². The number of nitrogens with zero attached hydrogens (tertiary/aromatic N) is 1. The molecule has 1 N–H and O–H groups in total. The van der Waals surface area contributed by atoms with Crippen molar-refractivity contribution >= 4 is 5.69 Å². The standard InChI is InChI=1S/C14H15FN2/c1-3-16-11-6-7-17-14(9-11)12-8-10(2)4-5-13(12)15/h4-9H,3H2,1-2H3,(H,16,17). The molecule has 1 heterocycles. The van der Waals surface area contributed by atoms with Crippen molar-refractivity contribution in [2.24, 2.45) is 0 Å². The van der Waals surface area contributed by atoms with E-state index in [1.54, 1.807) is 12.3 Å². The molecular weight excluding hydrogens is 215 g/mol. The highest BCUT2D eigenvalue weighted by molar-refractivity contribution is 5.65. The third-order valence-corrected chi connectivity index (χ3v) is 2.54. The molecule has 3 heteroatoms. The van der Waals surface area contributed by atoms with Crippen molar-refractivity contribution in [1.82, 2.24) is 4.98 Å². The number of hydrogen-bond acceptors (Lipinski definition) is 2. The average Bonchev–Trinajstić information content (AvgIpc) is 2.33. The van der Waals surface area contributed by atoms with Crippen molar-refractivity contribution in [3.05, 3.63) is 47.9 Å². The molecule has 0 spiro atoms. The van der Waals surface area contributed by atoms with Crippen LogP contribution in [0.1, 0.15) is 12.5 Å². The van der Waals surface area contributed by atoms with Crippen LogP contribution in [0.25, 0.3) is 11.3 Å². The van der Waals surface area contributed by atoms with Gasteiger partial charge in [-0.25, -0.2) is 4.39 Å². The Labute approximate surface area is 101 Å². The van der Waals surface area contributed by atoms with E-state index in [9.17, 15) is 4.39 Å². The van der Waals surface area contributed by atoms with E-state index in [1.807, 2.05) is 32.0 Å². The Bertz CT molecular complexity index is 523. The lowest BCUT2D eigenvalue weighted by atomic mass is 10.1. The number of anilines is 1. The quantitative estimate of drug-likeness (QED) is 0.871. The van der Waals surface area contributed by atoms with E-state index in [-0.39, 0.29) is 5.82 Å². The number of pyridine rings is 1. The van der Waals surface area contributed by atoms with Crippen LogP contribution in [0.3, 0.4) is 0 Å². The highest BCUT2D eigenvalue weighted by Gasteiger charge is 2.07. The number of benzene rings is 1. The van der Waals surface area contributed by atoms with E-state index in [0.717, 1.165) is 17.8 Å². The number of nitrogens with one attached hydrogen (secondary N) is 1. The molecule has 2 rings (SSSR count). The van der Waals surface area contributed by atoms with Crippen LogP contribution >= 0.6 is 0 Å². The molecule has 0 saturated carbocycles. The first-order valence-electron chi connectivity index (χ1n) is 5.67. The summed E-state index contributed by atoms with van der Waals surface area (Å²) >= 11 is 0. The molecule has 0 amide bonds. The molecule has 0 atom stereocenters. The molecule has 0 fully saturated rings. The molecule has 2 aromatic rings. The number of hydrogen-bond donors (Lipinski definition) is 1. The lowest BCUT2D eigenvalue weighted by Crippen LogP contribution is -1.97. The van der Waals surface area contributed by atoms with Crippen LogP contribution in [0.2, 0.25) is 0 Å². The predicted octanol–water partition coefficient (Wildman–Crippen LogP) is 3.63. The maximum absolute atomic E-state index is 13.7. The molecule has 2 nitrogen and oxygen atoms in total. The second kappa shape index (κ2) is 4.95. The highest BCUT2D eigenvalue weighted by atomic mass is 19.1. The molecular formula is C14H15FN2.